The van der Waals surface area contributed by atoms with Gasteiger partial charge in [0.05, 0.1) is 0 Å². The number of hydrogen-bond donors (Lipinski definition) is 2. The van der Waals surface area contributed by atoms with Gasteiger partial charge in [-0.15, -0.1) is 0 Å². The number of nitrogens with zero attached hydrogens (tertiary/aromatic N) is 1. The fourth-order valence-electron chi connectivity index (χ4n) is 3.30. The average molecular weight is 267 g/mol. The van der Waals surface area contributed by atoms with Gasteiger partial charge in [-0.25, -0.2) is 0 Å². The van der Waals surface area contributed by atoms with Crippen molar-refractivity contribution in [2.24, 2.45) is 11.8 Å². The Morgan fingerprint density at radius 3 is 3.00 bits per heavy atom. The predicted octanol–water partition coefficient (Wildman–Crippen LogP) is 2.09. The van der Waals surface area contributed by atoms with Gasteiger partial charge in [-0.1, -0.05) is 17.7 Å². The summed E-state index contributed by atoms with van der Waals surface area (Å²) in [6.07, 6.45) is 0. The van der Waals surface area contributed by atoms with E-state index in [1.54, 1.807) is 6.07 Å². The summed E-state index contributed by atoms with van der Waals surface area (Å²) in [5.74, 6) is 1.85. The molecule has 0 radical (unpaired) electrons. The molecule has 2 saturated heterocycles. The van der Waals surface area contributed by atoms with E-state index in [2.05, 4.69) is 17.1 Å². The van der Waals surface area contributed by atoms with Crippen molar-refractivity contribution in [2.45, 2.75) is 19.5 Å². The summed E-state index contributed by atoms with van der Waals surface area (Å²) in [5, 5.41) is 14.0. The highest BCUT2D eigenvalue weighted by Crippen LogP contribution is 2.32. The lowest BCUT2D eigenvalue weighted by Crippen LogP contribution is -2.30. The van der Waals surface area contributed by atoms with Crippen LogP contribution in [0.2, 0.25) is 5.02 Å². The minimum Gasteiger partial charge on any atom is -0.508 e. The van der Waals surface area contributed by atoms with Gasteiger partial charge in [-0.05, 0) is 37.4 Å². The number of likely N-dealkylation sites (tertiary alicyclic amines) is 1. The summed E-state index contributed by atoms with van der Waals surface area (Å²) in [7, 11) is 0. The van der Waals surface area contributed by atoms with Crippen LogP contribution in [0.5, 0.6) is 5.75 Å². The average Bonchev–Trinajstić information content (AvgIpc) is 2.86. The first-order valence-electron chi connectivity index (χ1n) is 6.56. The Morgan fingerprint density at radius 2 is 2.28 bits per heavy atom. The van der Waals surface area contributed by atoms with Crippen LogP contribution in [0, 0.1) is 11.8 Å². The first-order chi connectivity index (χ1) is 8.63. The molecule has 4 heteroatoms. The van der Waals surface area contributed by atoms with Crippen molar-refractivity contribution in [3.63, 3.8) is 0 Å². The van der Waals surface area contributed by atoms with Crippen molar-refractivity contribution in [3.05, 3.63) is 28.8 Å². The second-order valence-corrected chi connectivity index (χ2v) is 6.02. The number of halogens is 1. The highest BCUT2D eigenvalue weighted by Gasteiger charge is 2.40. The molecule has 1 aromatic rings. The van der Waals surface area contributed by atoms with E-state index < -0.39 is 0 Å². The van der Waals surface area contributed by atoms with Crippen LogP contribution < -0.4 is 5.32 Å². The SMILES string of the molecule is C[C@@H]1NC[C@@H]2CN(Cc3ccc(Cl)cc3O)C[C@H]21. The van der Waals surface area contributed by atoms with E-state index in [1.807, 2.05) is 12.1 Å². The predicted molar refractivity (Wildman–Crippen MR) is 72.8 cm³/mol. The third-order valence-corrected chi connectivity index (χ3v) is 4.59. The molecule has 0 amide bonds. The lowest BCUT2D eigenvalue weighted by Gasteiger charge is -2.19. The van der Waals surface area contributed by atoms with Gasteiger partial charge < -0.3 is 10.4 Å². The number of hydrogen-bond acceptors (Lipinski definition) is 3. The molecule has 3 rings (SSSR count). The third-order valence-electron chi connectivity index (χ3n) is 4.35. The fourth-order valence-corrected chi connectivity index (χ4v) is 3.47. The van der Waals surface area contributed by atoms with E-state index in [9.17, 15) is 5.11 Å². The van der Waals surface area contributed by atoms with E-state index in [4.69, 9.17) is 11.6 Å². The van der Waals surface area contributed by atoms with Gasteiger partial charge >= 0.3 is 0 Å². The summed E-state index contributed by atoms with van der Waals surface area (Å²) in [6.45, 7) is 6.48. The Morgan fingerprint density at radius 1 is 1.44 bits per heavy atom. The van der Waals surface area contributed by atoms with Gasteiger partial charge in [0.25, 0.3) is 0 Å². The first-order valence-corrected chi connectivity index (χ1v) is 6.94. The molecule has 0 aliphatic carbocycles. The second-order valence-electron chi connectivity index (χ2n) is 5.59. The maximum atomic E-state index is 9.88. The number of aromatic hydroxyl groups is 1. The number of nitrogens with one attached hydrogen (secondary N) is 1. The van der Waals surface area contributed by atoms with Gasteiger partial charge in [0, 0.05) is 36.3 Å². The van der Waals surface area contributed by atoms with Crippen LogP contribution in [0.3, 0.4) is 0 Å². The molecule has 0 saturated carbocycles. The Labute approximate surface area is 113 Å². The van der Waals surface area contributed by atoms with Crippen LogP contribution in [0.4, 0.5) is 0 Å². The van der Waals surface area contributed by atoms with Crippen LogP contribution >= 0.6 is 11.6 Å². The van der Waals surface area contributed by atoms with E-state index in [0.717, 1.165) is 43.6 Å². The van der Waals surface area contributed by atoms with Gasteiger partial charge in [0.15, 0.2) is 0 Å². The lowest BCUT2D eigenvalue weighted by atomic mass is 9.95. The molecular formula is C14H19ClN2O. The van der Waals surface area contributed by atoms with Crippen LogP contribution in [-0.4, -0.2) is 35.7 Å². The van der Waals surface area contributed by atoms with Gasteiger partial charge in [0.1, 0.15) is 5.75 Å². The van der Waals surface area contributed by atoms with Gasteiger partial charge in [-0.2, -0.15) is 0 Å². The first kappa shape index (κ1) is 12.3. The number of rotatable bonds is 2. The zero-order chi connectivity index (χ0) is 12.7. The van der Waals surface area contributed by atoms with E-state index in [-0.39, 0.29) is 0 Å². The monoisotopic (exact) mass is 266 g/mol. The Bertz CT molecular complexity index is 451. The molecular weight excluding hydrogens is 248 g/mol. The van der Waals surface area contributed by atoms with Crippen LogP contribution in [0.15, 0.2) is 18.2 Å². The zero-order valence-electron chi connectivity index (χ0n) is 10.6. The van der Waals surface area contributed by atoms with Crippen LogP contribution in [0.1, 0.15) is 12.5 Å². The largest absolute Gasteiger partial charge is 0.508 e. The van der Waals surface area contributed by atoms with Gasteiger partial charge in [-0.3, -0.25) is 4.90 Å². The van der Waals surface area contributed by atoms with Crippen molar-refractivity contribution in [1.29, 1.82) is 0 Å². The minimum absolute atomic E-state index is 0.311. The smallest absolute Gasteiger partial charge is 0.121 e. The molecule has 2 N–H and O–H groups in total. The lowest BCUT2D eigenvalue weighted by molar-refractivity contribution is 0.292. The highest BCUT2D eigenvalue weighted by atomic mass is 35.5. The second kappa shape index (κ2) is 4.72. The third kappa shape index (κ3) is 2.22. The Balaban J connectivity index is 1.68. The number of fused-ring (bicyclic) bond motifs is 1. The molecule has 2 fully saturated rings. The molecule has 2 heterocycles. The molecule has 98 valence electrons. The molecule has 1 aromatic carbocycles. The van der Waals surface area contributed by atoms with Crippen LogP contribution in [0.25, 0.3) is 0 Å². The Hall–Kier alpha value is -0.770. The summed E-state index contributed by atoms with van der Waals surface area (Å²) in [6, 6.07) is 6.02. The fraction of sp³-hybridized carbons (Fsp3) is 0.571. The van der Waals surface area contributed by atoms with Gasteiger partial charge in [0.2, 0.25) is 0 Å². The maximum absolute atomic E-state index is 9.88. The summed E-state index contributed by atoms with van der Waals surface area (Å²) < 4.78 is 0. The maximum Gasteiger partial charge on any atom is 0.121 e. The molecule has 0 unspecified atom stereocenters. The topological polar surface area (TPSA) is 35.5 Å². The van der Waals surface area contributed by atoms with E-state index in [1.165, 1.54) is 0 Å². The van der Waals surface area contributed by atoms with Crippen molar-refractivity contribution in [3.8, 4) is 5.75 Å². The van der Waals surface area contributed by atoms with Crippen molar-refractivity contribution in [2.75, 3.05) is 19.6 Å². The molecule has 3 atom stereocenters. The molecule has 0 spiro atoms. The standard InChI is InChI=1S/C14H19ClN2O/c1-9-13-8-17(7-11(13)5-16-9)6-10-2-3-12(15)4-14(10)18/h2-4,9,11,13,16,18H,5-8H2,1H3/t9-,11+,13-/m0/s1. The Kier molecular flexibility index (Phi) is 3.22. The van der Waals surface area contributed by atoms with E-state index >= 15 is 0 Å². The van der Waals surface area contributed by atoms with E-state index in [0.29, 0.717) is 16.8 Å². The molecule has 18 heavy (non-hydrogen) atoms. The summed E-state index contributed by atoms with van der Waals surface area (Å²) >= 11 is 5.85. The number of phenolic OH excluding ortho intramolecular Hbond substituents is 1. The molecule has 2 aliphatic heterocycles. The van der Waals surface area contributed by atoms with Crippen molar-refractivity contribution in [1.82, 2.24) is 10.2 Å². The normalized spacial score (nSPS) is 31.8. The molecule has 2 aliphatic rings. The highest BCUT2D eigenvalue weighted by molar-refractivity contribution is 6.30. The van der Waals surface area contributed by atoms with Crippen LogP contribution in [-0.2, 0) is 6.54 Å². The summed E-state index contributed by atoms with van der Waals surface area (Å²) in [5.41, 5.74) is 0.972. The molecule has 3 nitrogen and oxygen atoms in total. The minimum atomic E-state index is 0.311. The summed E-state index contributed by atoms with van der Waals surface area (Å²) in [4.78, 5) is 2.44. The van der Waals surface area contributed by atoms with Crippen molar-refractivity contribution < 1.29 is 5.11 Å². The molecule has 0 aromatic heterocycles. The zero-order valence-corrected chi connectivity index (χ0v) is 11.3. The van der Waals surface area contributed by atoms with Crippen molar-refractivity contribution >= 4 is 11.6 Å². The number of phenols is 1. The quantitative estimate of drug-likeness (QED) is 0.860. The number of benzene rings is 1. The molecule has 0 bridgehead atoms.